The molecule has 2 amide bonds. The molecular formula is C36H46N6O10. The van der Waals surface area contributed by atoms with Gasteiger partial charge in [-0.25, -0.2) is 19.1 Å². The van der Waals surface area contributed by atoms with Crippen LogP contribution in [0.1, 0.15) is 66.6 Å². The predicted molar refractivity (Wildman–Crippen MR) is 184 cm³/mol. The molecule has 5 atom stereocenters. The van der Waals surface area contributed by atoms with Gasteiger partial charge in [0.2, 0.25) is 5.60 Å². The highest BCUT2D eigenvalue weighted by atomic mass is 16.6. The Bertz CT molecular complexity index is 1820. The van der Waals surface area contributed by atoms with Crippen molar-refractivity contribution in [2.24, 2.45) is 5.41 Å². The number of rotatable bonds is 11. The topological polar surface area (TPSA) is 213 Å². The normalized spacial score (nSPS) is 21.1. The molecule has 0 aliphatic carbocycles. The molecule has 0 radical (unpaired) electrons. The Morgan fingerprint density at radius 2 is 1.73 bits per heavy atom. The van der Waals surface area contributed by atoms with E-state index >= 15 is 0 Å². The molecule has 0 spiro atoms. The minimum absolute atomic E-state index is 0.000173. The maximum absolute atomic E-state index is 13.8. The average Bonchev–Trinajstić information content (AvgIpc) is 3.61. The molecule has 280 valence electrons. The Morgan fingerprint density at radius 3 is 2.33 bits per heavy atom. The van der Waals surface area contributed by atoms with Crippen LogP contribution in [0.2, 0.25) is 0 Å². The van der Waals surface area contributed by atoms with Crippen LogP contribution in [-0.2, 0) is 50.1 Å². The minimum Gasteiger partial charge on any atom is -0.463 e. The molecule has 1 aliphatic rings. The van der Waals surface area contributed by atoms with Crippen LogP contribution in [0.4, 0.5) is 10.6 Å². The van der Waals surface area contributed by atoms with Gasteiger partial charge in [0.05, 0.1) is 12.1 Å². The number of esters is 2. The van der Waals surface area contributed by atoms with Gasteiger partial charge in [-0.05, 0) is 57.7 Å². The molecular weight excluding hydrogens is 676 g/mol. The molecule has 16 nitrogen and oxygen atoms in total. The molecule has 1 saturated heterocycles. The number of nitrogens with zero attached hydrogens (tertiary/aromatic N) is 4. The molecule has 52 heavy (non-hydrogen) atoms. The lowest BCUT2D eigenvalue weighted by atomic mass is 9.86. The SMILES string of the molecule is COC(C)(C)C(=O)Nc1ncnn2c([C@]3(C#N)O[C@H](COC(=O)Cc4ccccc4)[C@@H](OC(=O)[C@@H](NC(=O)OC(C)(C)C)C(C)(C)C)[C@H]3O)ccc12. The Kier molecular flexibility index (Phi) is 11.6. The van der Waals surface area contributed by atoms with E-state index in [1.807, 2.05) is 6.07 Å². The van der Waals surface area contributed by atoms with E-state index in [0.717, 1.165) is 6.33 Å². The number of aromatic nitrogens is 3. The molecule has 0 unspecified atom stereocenters. The molecule has 0 bridgehead atoms. The van der Waals surface area contributed by atoms with Gasteiger partial charge in [0.25, 0.3) is 5.91 Å². The fourth-order valence-electron chi connectivity index (χ4n) is 5.35. The second-order valence-corrected chi connectivity index (χ2v) is 14.9. The monoisotopic (exact) mass is 722 g/mol. The molecule has 0 saturated carbocycles. The highest BCUT2D eigenvalue weighted by Crippen LogP contribution is 2.42. The van der Waals surface area contributed by atoms with Crippen molar-refractivity contribution >= 4 is 35.3 Å². The van der Waals surface area contributed by atoms with Crippen LogP contribution in [0, 0.1) is 16.7 Å². The molecule has 2 aromatic heterocycles. The second-order valence-electron chi connectivity index (χ2n) is 14.9. The summed E-state index contributed by atoms with van der Waals surface area (Å²) in [7, 11) is 1.38. The third kappa shape index (κ3) is 8.84. The molecule has 1 fully saturated rings. The van der Waals surface area contributed by atoms with Crippen LogP contribution < -0.4 is 10.6 Å². The zero-order valence-corrected chi connectivity index (χ0v) is 30.8. The highest BCUT2D eigenvalue weighted by molar-refractivity contribution is 5.98. The first kappa shape index (κ1) is 39.7. The fourth-order valence-corrected chi connectivity index (χ4v) is 5.35. The van der Waals surface area contributed by atoms with E-state index in [1.54, 1.807) is 85.7 Å². The van der Waals surface area contributed by atoms with E-state index in [2.05, 4.69) is 20.7 Å². The molecule has 3 aromatic rings. The molecule has 1 aromatic carbocycles. The van der Waals surface area contributed by atoms with Crippen molar-refractivity contribution in [1.82, 2.24) is 19.9 Å². The second kappa shape index (κ2) is 15.2. The number of fused-ring (bicyclic) bond motifs is 1. The number of anilines is 1. The zero-order valence-electron chi connectivity index (χ0n) is 30.8. The first-order chi connectivity index (χ1) is 24.2. The highest BCUT2D eigenvalue weighted by Gasteiger charge is 2.60. The number of ether oxygens (including phenoxy) is 5. The Balaban J connectivity index is 1.70. The number of amides is 2. The summed E-state index contributed by atoms with van der Waals surface area (Å²) in [5.74, 6) is -2.03. The van der Waals surface area contributed by atoms with Crippen LogP contribution in [0.5, 0.6) is 0 Å². The van der Waals surface area contributed by atoms with E-state index in [-0.39, 0.29) is 23.4 Å². The fraction of sp³-hybridized carbons (Fsp3) is 0.528. The third-order valence-corrected chi connectivity index (χ3v) is 8.33. The number of alkyl carbamates (subject to hydrolysis) is 1. The first-order valence-electron chi connectivity index (χ1n) is 16.6. The lowest BCUT2D eigenvalue weighted by Crippen LogP contribution is -2.53. The van der Waals surface area contributed by atoms with Crippen molar-refractivity contribution in [3.05, 3.63) is 60.0 Å². The summed E-state index contributed by atoms with van der Waals surface area (Å²) < 4.78 is 29.5. The van der Waals surface area contributed by atoms with Crippen molar-refractivity contribution in [1.29, 1.82) is 5.26 Å². The predicted octanol–water partition coefficient (Wildman–Crippen LogP) is 3.21. The number of hydrogen-bond donors (Lipinski definition) is 3. The maximum atomic E-state index is 13.8. The number of carbonyl (C=O) groups is 4. The summed E-state index contributed by atoms with van der Waals surface area (Å²) in [5, 5.41) is 32.1. The largest absolute Gasteiger partial charge is 0.463 e. The summed E-state index contributed by atoms with van der Waals surface area (Å²) in [6, 6.07) is 12.5. The lowest BCUT2D eigenvalue weighted by Gasteiger charge is -2.32. The minimum atomic E-state index is -2.24. The summed E-state index contributed by atoms with van der Waals surface area (Å²) in [6.07, 6.45) is -4.65. The molecule has 3 heterocycles. The van der Waals surface area contributed by atoms with E-state index in [4.69, 9.17) is 23.7 Å². The quantitative estimate of drug-likeness (QED) is 0.192. The van der Waals surface area contributed by atoms with Crippen molar-refractivity contribution in [3.63, 3.8) is 0 Å². The van der Waals surface area contributed by atoms with Crippen LogP contribution in [0.25, 0.3) is 5.52 Å². The number of benzene rings is 1. The van der Waals surface area contributed by atoms with E-state index < -0.39 is 77.1 Å². The zero-order chi connectivity index (χ0) is 38.6. The van der Waals surface area contributed by atoms with Gasteiger partial charge in [-0.15, -0.1) is 0 Å². The third-order valence-electron chi connectivity index (χ3n) is 8.33. The van der Waals surface area contributed by atoms with Gasteiger partial charge in [-0.3, -0.25) is 9.59 Å². The van der Waals surface area contributed by atoms with Crippen molar-refractivity contribution in [2.75, 3.05) is 19.0 Å². The number of nitrogens with one attached hydrogen (secondary N) is 2. The summed E-state index contributed by atoms with van der Waals surface area (Å²) >= 11 is 0. The number of nitriles is 1. The Morgan fingerprint density at radius 1 is 1.06 bits per heavy atom. The molecule has 4 rings (SSSR count). The van der Waals surface area contributed by atoms with Gasteiger partial charge >= 0.3 is 18.0 Å². The number of carbonyl (C=O) groups excluding carboxylic acids is 4. The number of aliphatic hydroxyl groups is 1. The average molecular weight is 723 g/mol. The number of hydrogen-bond acceptors (Lipinski definition) is 13. The molecule has 1 aliphatic heterocycles. The maximum Gasteiger partial charge on any atom is 0.408 e. The summed E-state index contributed by atoms with van der Waals surface area (Å²) in [5.41, 5.74) is -4.30. The van der Waals surface area contributed by atoms with Crippen LogP contribution in [0.15, 0.2) is 48.8 Å². The van der Waals surface area contributed by atoms with Crippen molar-refractivity contribution < 1.29 is 48.0 Å². The van der Waals surface area contributed by atoms with Gasteiger partial charge < -0.3 is 39.4 Å². The lowest BCUT2D eigenvalue weighted by molar-refractivity contribution is -0.164. The Hall–Kier alpha value is -5.11. The van der Waals surface area contributed by atoms with Crippen molar-refractivity contribution in [3.8, 4) is 6.07 Å². The van der Waals surface area contributed by atoms with Gasteiger partial charge in [-0.1, -0.05) is 51.1 Å². The van der Waals surface area contributed by atoms with Crippen LogP contribution in [0.3, 0.4) is 0 Å². The van der Waals surface area contributed by atoms with E-state index in [9.17, 15) is 29.5 Å². The molecule has 16 heteroatoms. The van der Waals surface area contributed by atoms with Gasteiger partial charge in [0.15, 0.2) is 11.9 Å². The van der Waals surface area contributed by atoms with E-state index in [0.29, 0.717) is 5.56 Å². The standard InChI is InChI=1S/C36H46N6O10/c1-33(2,3)27(40-32(47)52-34(4,5)6)30(45)50-26-23(18-49-25(43)17-21-13-11-10-12-14-21)51-36(19-37,28(26)44)24-16-15-22-29(38-20-39-42(22)24)41-31(46)35(7,8)48-9/h10-16,20,23,26-28,44H,17-18H2,1-9H3,(H,40,47)(H,38,39,41,46)/t23-,26-,27-,28-,36+/m1/s1. The summed E-state index contributed by atoms with van der Waals surface area (Å²) in [6.45, 7) is 12.7. The van der Waals surface area contributed by atoms with Crippen LogP contribution in [-0.4, -0.2) is 92.9 Å². The van der Waals surface area contributed by atoms with Crippen LogP contribution >= 0.6 is 0 Å². The Labute approximate surface area is 301 Å². The van der Waals surface area contributed by atoms with Gasteiger partial charge in [-0.2, -0.15) is 10.4 Å². The first-order valence-corrected chi connectivity index (χ1v) is 16.6. The summed E-state index contributed by atoms with van der Waals surface area (Å²) in [4.78, 5) is 56.5. The van der Waals surface area contributed by atoms with Crippen molar-refractivity contribution in [2.45, 2.75) is 103 Å². The number of methoxy groups -OCH3 is 1. The number of aliphatic hydroxyl groups excluding tert-OH is 1. The smallest absolute Gasteiger partial charge is 0.408 e. The van der Waals surface area contributed by atoms with Gasteiger partial charge in [0.1, 0.15) is 54.0 Å². The van der Waals surface area contributed by atoms with Gasteiger partial charge in [0, 0.05) is 7.11 Å². The van der Waals surface area contributed by atoms with E-state index in [1.165, 1.54) is 23.8 Å². The molecule has 3 N–H and O–H groups in total.